The maximum atomic E-state index is 5.50. The van der Waals surface area contributed by atoms with Crippen molar-refractivity contribution in [3.05, 3.63) is 47.9 Å². The molecular weight excluding hydrogens is 224 g/mol. The molecule has 3 heteroatoms. The van der Waals surface area contributed by atoms with E-state index in [0.29, 0.717) is 5.92 Å². The number of piperidine rings is 1. The van der Waals surface area contributed by atoms with Gasteiger partial charge in [0.15, 0.2) is 5.76 Å². The van der Waals surface area contributed by atoms with E-state index in [0.717, 1.165) is 31.0 Å². The van der Waals surface area contributed by atoms with Gasteiger partial charge in [-0.05, 0) is 25.8 Å². The van der Waals surface area contributed by atoms with Crippen molar-refractivity contribution in [1.29, 1.82) is 0 Å². The molecule has 2 heterocycles. The van der Waals surface area contributed by atoms with Crippen LogP contribution >= 0.6 is 0 Å². The molecule has 0 radical (unpaired) electrons. The van der Waals surface area contributed by atoms with Gasteiger partial charge in [-0.25, -0.2) is 0 Å². The van der Waals surface area contributed by atoms with Crippen molar-refractivity contribution in [3.63, 3.8) is 0 Å². The Morgan fingerprint density at radius 1 is 1.28 bits per heavy atom. The van der Waals surface area contributed by atoms with E-state index < -0.39 is 0 Å². The summed E-state index contributed by atoms with van der Waals surface area (Å²) in [6.07, 6.45) is 13.7. The number of aromatic nitrogens is 1. The standard InChI is InChI=1S/C15H18N2O/c1-2-4-7-12(6-3-1)15-10-14(17-18-15)13-8-5-9-16-11-13/h1-4,6,10,13,16H,5,7-9,11H2. The lowest BCUT2D eigenvalue weighted by Gasteiger charge is -2.20. The van der Waals surface area contributed by atoms with Gasteiger partial charge >= 0.3 is 0 Å². The lowest BCUT2D eigenvalue weighted by atomic mass is 9.95. The fourth-order valence-electron chi connectivity index (χ4n) is 2.50. The number of hydrogen-bond acceptors (Lipinski definition) is 3. The number of allylic oxidation sites excluding steroid dienone is 6. The Balaban J connectivity index is 1.78. The van der Waals surface area contributed by atoms with Crippen LogP contribution in [0.15, 0.2) is 41.0 Å². The van der Waals surface area contributed by atoms with Crippen LogP contribution in [0.5, 0.6) is 0 Å². The Morgan fingerprint density at radius 2 is 2.28 bits per heavy atom. The highest BCUT2D eigenvalue weighted by Gasteiger charge is 2.19. The first kappa shape index (κ1) is 11.5. The maximum absolute atomic E-state index is 5.50. The topological polar surface area (TPSA) is 38.1 Å². The van der Waals surface area contributed by atoms with Crippen molar-refractivity contribution >= 4 is 5.57 Å². The van der Waals surface area contributed by atoms with Crippen LogP contribution in [0.1, 0.15) is 36.6 Å². The van der Waals surface area contributed by atoms with Gasteiger partial charge in [0.25, 0.3) is 0 Å². The van der Waals surface area contributed by atoms with Gasteiger partial charge in [-0.2, -0.15) is 0 Å². The highest BCUT2D eigenvalue weighted by Crippen LogP contribution is 2.27. The molecule has 94 valence electrons. The van der Waals surface area contributed by atoms with Gasteiger partial charge in [-0.15, -0.1) is 0 Å². The Hall–Kier alpha value is -1.61. The number of rotatable bonds is 2. The molecule has 2 aliphatic rings. The molecule has 1 unspecified atom stereocenters. The van der Waals surface area contributed by atoms with E-state index in [4.69, 9.17) is 4.52 Å². The monoisotopic (exact) mass is 242 g/mol. The predicted molar refractivity (Wildman–Crippen MR) is 72.2 cm³/mol. The van der Waals surface area contributed by atoms with E-state index in [1.165, 1.54) is 18.4 Å². The molecule has 0 bridgehead atoms. The van der Waals surface area contributed by atoms with Crippen LogP contribution < -0.4 is 5.32 Å². The van der Waals surface area contributed by atoms with Crippen LogP contribution in [0, 0.1) is 0 Å². The first-order valence-corrected chi connectivity index (χ1v) is 6.63. The summed E-state index contributed by atoms with van der Waals surface area (Å²) in [4.78, 5) is 0. The van der Waals surface area contributed by atoms with Gasteiger partial charge in [0.2, 0.25) is 0 Å². The maximum Gasteiger partial charge on any atom is 0.163 e. The van der Waals surface area contributed by atoms with E-state index >= 15 is 0 Å². The quantitative estimate of drug-likeness (QED) is 0.866. The highest BCUT2D eigenvalue weighted by molar-refractivity contribution is 5.65. The molecule has 0 saturated carbocycles. The lowest BCUT2D eigenvalue weighted by molar-refractivity contribution is 0.380. The van der Waals surface area contributed by atoms with Gasteiger partial charge < -0.3 is 9.84 Å². The lowest BCUT2D eigenvalue weighted by Crippen LogP contribution is -2.28. The molecule has 1 saturated heterocycles. The van der Waals surface area contributed by atoms with Crippen molar-refractivity contribution < 1.29 is 4.52 Å². The normalized spacial score (nSPS) is 23.8. The Bertz CT molecular complexity index is 490. The van der Waals surface area contributed by atoms with Gasteiger partial charge in [0.05, 0.1) is 5.69 Å². The molecule has 1 aliphatic carbocycles. The van der Waals surface area contributed by atoms with Crippen molar-refractivity contribution in [1.82, 2.24) is 10.5 Å². The number of nitrogens with one attached hydrogen (secondary N) is 1. The smallest absolute Gasteiger partial charge is 0.163 e. The molecule has 1 N–H and O–H groups in total. The predicted octanol–water partition coefficient (Wildman–Crippen LogP) is 3.04. The van der Waals surface area contributed by atoms with Crippen molar-refractivity contribution in [2.45, 2.75) is 25.2 Å². The minimum atomic E-state index is 0.508. The van der Waals surface area contributed by atoms with Crippen LogP contribution in [0.2, 0.25) is 0 Å². The summed E-state index contributed by atoms with van der Waals surface area (Å²) in [7, 11) is 0. The summed E-state index contributed by atoms with van der Waals surface area (Å²) in [5, 5.41) is 7.66. The second-order valence-electron chi connectivity index (χ2n) is 4.87. The average molecular weight is 242 g/mol. The Morgan fingerprint density at radius 3 is 3.17 bits per heavy atom. The second kappa shape index (κ2) is 5.36. The van der Waals surface area contributed by atoms with Crippen LogP contribution in [0.4, 0.5) is 0 Å². The van der Waals surface area contributed by atoms with Crippen LogP contribution in [-0.2, 0) is 0 Å². The molecule has 3 rings (SSSR count). The summed E-state index contributed by atoms with van der Waals surface area (Å²) in [5.41, 5.74) is 2.29. The summed E-state index contributed by atoms with van der Waals surface area (Å²) in [6.45, 7) is 2.15. The Kier molecular flexibility index (Phi) is 3.42. The van der Waals surface area contributed by atoms with E-state index in [1.807, 2.05) is 12.2 Å². The molecule has 0 spiro atoms. The number of hydrogen-bond donors (Lipinski definition) is 1. The molecule has 1 fully saturated rings. The molecule has 3 nitrogen and oxygen atoms in total. The molecule has 0 amide bonds. The highest BCUT2D eigenvalue weighted by atomic mass is 16.5. The first-order chi connectivity index (χ1) is 8.93. The fourth-order valence-corrected chi connectivity index (χ4v) is 2.50. The van der Waals surface area contributed by atoms with E-state index in [9.17, 15) is 0 Å². The zero-order valence-corrected chi connectivity index (χ0v) is 10.4. The molecule has 1 aliphatic heterocycles. The summed E-state index contributed by atoms with van der Waals surface area (Å²) in [5.74, 6) is 1.42. The SMILES string of the molecule is C1=CC=C(c2cc(C3CCCNC3)no2)CC=C1. The minimum absolute atomic E-state index is 0.508. The third-order valence-electron chi connectivity index (χ3n) is 3.55. The number of nitrogens with zero attached hydrogens (tertiary/aromatic N) is 1. The summed E-state index contributed by atoms with van der Waals surface area (Å²) < 4.78 is 5.50. The third kappa shape index (κ3) is 2.46. The Labute approximate surface area is 107 Å². The molecule has 0 aromatic carbocycles. The van der Waals surface area contributed by atoms with Gasteiger partial charge in [0, 0.05) is 24.1 Å². The van der Waals surface area contributed by atoms with E-state index in [2.05, 4.69) is 34.8 Å². The second-order valence-corrected chi connectivity index (χ2v) is 4.87. The fraction of sp³-hybridized carbons (Fsp3) is 0.400. The molecule has 1 atom stereocenters. The van der Waals surface area contributed by atoms with Gasteiger partial charge in [0.1, 0.15) is 0 Å². The zero-order chi connectivity index (χ0) is 12.2. The van der Waals surface area contributed by atoms with Crippen molar-refractivity contribution in [2.75, 3.05) is 13.1 Å². The average Bonchev–Trinajstić information content (AvgIpc) is 2.76. The summed E-state index contributed by atoms with van der Waals surface area (Å²) in [6, 6.07) is 2.11. The van der Waals surface area contributed by atoms with E-state index in [1.54, 1.807) is 0 Å². The minimum Gasteiger partial charge on any atom is -0.356 e. The van der Waals surface area contributed by atoms with E-state index in [-0.39, 0.29) is 0 Å². The molecule has 18 heavy (non-hydrogen) atoms. The third-order valence-corrected chi connectivity index (χ3v) is 3.55. The van der Waals surface area contributed by atoms with Crippen LogP contribution in [-0.4, -0.2) is 18.2 Å². The summed E-state index contributed by atoms with van der Waals surface area (Å²) >= 11 is 0. The zero-order valence-electron chi connectivity index (χ0n) is 10.4. The van der Waals surface area contributed by atoms with Gasteiger partial charge in [-0.1, -0.05) is 35.5 Å². The van der Waals surface area contributed by atoms with Crippen LogP contribution in [0.25, 0.3) is 5.57 Å². The molecule has 1 aromatic heterocycles. The van der Waals surface area contributed by atoms with Crippen molar-refractivity contribution in [3.8, 4) is 0 Å². The van der Waals surface area contributed by atoms with Crippen LogP contribution in [0.3, 0.4) is 0 Å². The molecule has 1 aromatic rings. The largest absolute Gasteiger partial charge is 0.356 e. The molecular formula is C15H18N2O. The van der Waals surface area contributed by atoms with Gasteiger partial charge in [-0.3, -0.25) is 0 Å². The van der Waals surface area contributed by atoms with Crippen molar-refractivity contribution in [2.24, 2.45) is 0 Å². The first-order valence-electron chi connectivity index (χ1n) is 6.63.